The molecule has 0 bridgehead atoms. The highest BCUT2D eigenvalue weighted by Gasteiger charge is 2.35. The summed E-state index contributed by atoms with van der Waals surface area (Å²) >= 11 is 0. The Balaban J connectivity index is 1.55. The molecule has 0 aromatic heterocycles. The number of carbonyl (C=O) groups excluding carboxylic acids is 3. The second-order valence-corrected chi connectivity index (χ2v) is 7.95. The van der Waals surface area contributed by atoms with Gasteiger partial charge in [-0.3, -0.25) is 14.4 Å². The smallest absolute Gasteiger partial charge is 0.227 e. The van der Waals surface area contributed by atoms with Gasteiger partial charge in [0.25, 0.3) is 0 Å². The van der Waals surface area contributed by atoms with Crippen LogP contribution in [0.1, 0.15) is 38.3 Å². The summed E-state index contributed by atoms with van der Waals surface area (Å²) in [4.78, 5) is 38.6. The van der Waals surface area contributed by atoms with Crippen LogP contribution in [0, 0.1) is 11.8 Å². The van der Waals surface area contributed by atoms with Crippen molar-refractivity contribution >= 4 is 29.1 Å². The molecule has 2 aromatic rings. The predicted octanol–water partition coefficient (Wildman–Crippen LogP) is 3.51. The van der Waals surface area contributed by atoms with Gasteiger partial charge in [0.2, 0.25) is 17.7 Å². The molecule has 30 heavy (non-hydrogen) atoms. The molecule has 2 N–H and O–H groups in total. The molecule has 3 amide bonds. The average molecular weight is 408 g/mol. The van der Waals surface area contributed by atoms with Gasteiger partial charge in [0.15, 0.2) is 0 Å². The highest BCUT2D eigenvalue weighted by Crippen LogP contribution is 2.28. The van der Waals surface area contributed by atoms with Crippen LogP contribution in [0.5, 0.6) is 0 Å². The third kappa shape index (κ3) is 5.06. The fourth-order valence-electron chi connectivity index (χ4n) is 3.52. The van der Waals surface area contributed by atoms with Crippen LogP contribution in [0.15, 0.2) is 48.5 Å². The lowest BCUT2D eigenvalue weighted by atomic mass is 10.1. The summed E-state index contributed by atoms with van der Waals surface area (Å²) in [7, 11) is 0. The first kappa shape index (κ1) is 21.6. The van der Waals surface area contributed by atoms with E-state index in [1.54, 1.807) is 4.90 Å². The second kappa shape index (κ2) is 9.57. The lowest BCUT2D eigenvalue weighted by molar-refractivity contribution is -0.126. The van der Waals surface area contributed by atoms with Crippen molar-refractivity contribution in [1.29, 1.82) is 0 Å². The van der Waals surface area contributed by atoms with Crippen LogP contribution in [0.3, 0.4) is 0 Å². The van der Waals surface area contributed by atoms with E-state index in [1.165, 1.54) is 0 Å². The fraction of sp³-hybridized carbons (Fsp3) is 0.375. The van der Waals surface area contributed by atoms with E-state index in [2.05, 4.69) is 17.6 Å². The number of anilines is 2. The zero-order chi connectivity index (χ0) is 21.7. The molecule has 1 atom stereocenters. The number of hydrogen-bond donors (Lipinski definition) is 2. The Morgan fingerprint density at radius 1 is 1.10 bits per heavy atom. The monoisotopic (exact) mass is 407 g/mol. The van der Waals surface area contributed by atoms with E-state index in [1.807, 2.05) is 62.4 Å². The number of benzene rings is 2. The molecule has 1 unspecified atom stereocenters. The molecule has 158 valence electrons. The number of nitrogens with one attached hydrogen (secondary N) is 2. The molecule has 1 fully saturated rings. The molecule has 1 saturated heterocycles. The summed E-state index contributed by atoms with van der Waals surface area (Å²) in [6, 6.07) is 15.2. The van der Waals surface area contributed by atoms with Crippen molar-refractivity contribution in [1.82, 2.24) is 5.32 Å². The van der Waals surface area contributed by atoms with Gasteiger partial charge in [-0.1, -0.05) is 51.1 Å². The van der Waals surface area contributed by atoms with E-state index < -0.39 is 0 Å². The minimum atomic E-state index is -0.355. The minimum absolute atomic E-state index is 0.0127. The normalized spacial score (nSPS) is 16.1. The lowest BCUT2D eigenvalue weighted by Gasteiger charge is -2.20. The molecule has 0 saturated carbocycles. The molecule has 6 heteroatoms. The number of amides is 3. The first-order valence-corrected chi connectivity index (χ1v) is 10.4. The van der Waals surface area contributed by atoms with Crippen LogP contribution in [0.25, 0.3) is 0 Å². The third-order valence-corrected chi connectivity index (χ3v) is 5.37. The number of aryl methyl sites for hydroxylation is 1. The summed E-state index contributed by atoms with van der Waals surface area (Å²) in [6.07, 6.45) is 1.06. The molecule has 3 rings (SSSR count). The Bertz CT molecular complexity index is 922. The molecule has 0 radical (unpaired) electrons. The number of carbonyl (C=O) groups is 3. The largest absolute Gasteiger partial charge is 0.352 e. The van der Waals surface area contributed by atoms with Gasteiger partial charge in [-0.05, 0) is 35.7 Å². The van der Waals surface area contributed by atoms with Crippen molar-refractivity contribution in [3.63, 3.8) is 0 Å². The maximum Gasteiger partial charge on any atom is 0.227 e. The topological polar surface area (TPSA) is 78.5 Å². The van der Waals surface area contributed by atoms with Gasteiger partial charge in [-0.25, -0.2) is 0 Å². The van der Waals surface area contributed by atoms with E-state index in [4.69, 9.17) is 0 Å². The highest BCUT2D eigenvalue weighted by molar-refractivity contribution is 6.00. The summed E-state index contributed by atoms with van der Waals surface area (Å²) in [6.45, 7) is 6.53. The van der Waals surface area contributed by atoms with E-state index in [-0.39, 0.29) is 36.0 Å². The van der Waals surface area contributed by atoms with Gasteiger partial charge in [-0.2, -0.15) is 0 Å². The SMILES string of the molecule is CCc1ccccc1N1CC(C(=O)NCc2ccc(NC(=O)C(C)C)cc2)CC1=O. The predicted molar refractivity (Wildman–Crippen MR) is 118 cm³/mol. The van der Waals surface area contributed by atoms with Gasteiger partial charge >= 0.3 is 0 Å². The van der Waals surface area contributed by atoms with Crippen LogP contribution in [-0.4, -0.2) is 24.3 Å². The summed E-state index contributed by atoms with van der Waals surface area (Å²) in [5.41, 5.74) is 3.68. The van der Waals surface area contributed by atoms with Crippen LogP contribution < -0.4 is 15.5 Å². The Morgan fingerprint density at radius 2 is 1.80 bits per heavy atom. The van der Waals surface area contributed by atoms with Crippen LogP contribution in [0.4, 0.5) is 11.4 Å². The number of para-hydroxylation sites is 1. The Hall–Kier alpha value is -3.15. The average Bonchev–Trinajstić information content (AvgIpc) is 3.14. The van der Waals surface area contributed by atoms with Crippen LogP contribution >= 0.6 is 0 Å². The molecular weight excluding hydrogens is 378 g/mol. The molecule has 0 aliphatic carbocycles. The molecular formula is C24H29N3O3. The van der Waals surface area contributed by atoms with Crippen LogP contribution in [-0.2, 0) is 27.3 Å². The standard InChI is InChI=1S/C24H29N3O3/c1-4-18-7-5-6-8-21(18)27-15-19(13-22(27)28)24(30)25-14-17-9-11-20(12-10-17)26-23(29)16(2)3/h5-12,16,19H,4,13-15H2,1-3H3,(H,25,30)(H,26,29). The van der Waals surface area contributed by atoms with Crippen LogP contribution in [0.2, 0.25) is 0 Å². The molecule has 1 aliphatic heterocycles. The maximum atomic E-state index is 12.6. The minimum Gasteiger partial charge on any atom is -0.352 e. The summed E-state index contributed by atoms with van der Waals surface area (Å²) in [5.74, 6) is -0.594. The van der Waals surface area contributed by atoms with Gasteiger partial charge in [0, 0.05) is 36.8 Å². The molecule has 1 heterocycles. The first-order chi connectivity index (χ1) is 14.4. The van der Waals surface area contributed by atoms with E-state index in [9.17, 15) is 14.4 Å². The van der Waals surface area contributed by atoms with Gasteiger partial charge < -0.3 is 15.5 Å². The number of rotatable bonds is 7. The number of hydrogen-bond acceptors (Lipinski definition) is 3. The van der Waals surface area contributed by atoms with Gasteiger partial charge in [0.05, 0.1) is 5.92 Å². The Morgan fingerprint density at radius 3 is 2.47 bits per heavy atom. The Kier molecular flexibility index (Phi) is 6.87. The van der Waals surface area contributed by atoms with Gasteiger partial charge in [-0.15, -0.1) is 0 Å². The molecule has 1 aliphatic rings. The highest BCUT2D eigenvalue weighted by atomic mass is 16.2. The molecule has 2 aromatic carbocycles. The summed E-state index contributed by atoms with van der Waals surface area (Å²) < 4.78 is 0. The molecule has 6 nitrogen and oxygen atoms in total. The number of nitrogens with zero attached hydrogens (tertiary/aromatic N) is 1. The van der Waals surface area contributed by atoms with Crippen molar-refractivity contribution < 1.29 is 14.4 Å². The van der Waals surface area contributed by atoms with Crippen molar-refractivity contribution in [3.05, 3.63) is 59.7 Å². The lowest BCUT2D eigenvalue weighted by Crippen LogP contribution is -2.32. The first-order valence-electron chi connectivity index (χ1n) is 10.4. The summed E-state index contributed by atoms with van der Waals surface area (Å²) in [5, 5.41) is 5.78. The zero-order valence-corrected chi connectivity index (χ0v) is 17.8. The van der Waals surface area contributed by atoms with Crippen molar-refractivity contribution in [3.8, 4) is 0 Å². The van der Waals surface area contributed by atoms with Crippen molar-refractivity contribution in [2.75, 3.05) is 16.8 Å². The second-order valence-electron chi connectivity index (χ2n) is 7.95. The molecule has 0 spiro atoms. The quantitative estimate of drug-likeness (QED) is 0.737. The van der Waals surface area contributed by atoms with E-state index in [0.717, 1.165) is 28.9 Å². The van der Waals surface area contributed by atoms with E-state index in [0.29, 0.717) is 13.1 Å². The Labute approximate surface area is 177 Å². The van der Waals surface area contributed by atoms with Gasteiger partial charge in [0.1, 0.15) is 0 Å². The fourth-order valence-corrected chi connectivity index (χ4v) is 3.52. The zero-order valence-electron chi connectivity index (χ0n) is 17.8. The van der Waals surface area contributed by atoms with Crippen molar-refractivity contribution in [2.45, 2.75) is 40.2 Å². The maximum absolute atomic E-state index is 12.6. The van der Waals surface area contributed by atoms with Crippen molar-refractivity contribution in [2.24, 2.45) is 11.8 Å². The van der Waals surface area contributed by atoms with E-state index >= 15 is 0 Å². The third-order valence-electron chi connectivity index (χ3n) is 5.37.